The molecular formula is C6H8BNaO2S. The van der Waals surface area contributed by atoms with Crippen molar-refractivity contribution in [3.63, 3.8) is 0 Å². The molecule has 5 heteroatoms. The van der Waals surface area contributed by atoms with Gasteiger partial charge in [-0.1, -0.05) is 12.1 Å². The Morgan fingerprint density at radius 2 is 2.00 bits per heavy atom. The van der Waals surface area contributed by atoms with E-state index >= 15 is 0 Å². The van der Waals surface area contributed by atoms with Crippen LogP contribution in [0.15, 0.2) is 29.2 Å². The molecule has 1 rings (SSSR count). The van der Waals surface area contributed by atoms with Crippen molar-refractivity contribution in [2.45, 2.75) is 4.90 Å². The summed E-state index contributed by atoms with van der Waals surface area (Å²) in [6.45, 7) is 0. The summed E-state index contributed by atoms with van der Waals surface area (Å²) in [6, 6.07) is 6.73. The van der Waals surface area contributed by atoms with E-state index in [9.17, 15) is 0 Å². The number of hydrogen-bond acceptors (Lipinski definition) is 3. The molecule has 1 aromatic rings. The molecule has 54 valence electrons. The maximum absolute atomic E-state index is 8.67. The summed E-state index contributed by atoms with van der Waals surface area (Å²) in [5, 5.41) is 17.3. The molecule has 0 spiro atoms. The zero-order chi connectivity index (χ0) is 7.56. The van der Waals surface area contributed by atoms with Gasteiger partial charge in [0.1, 0.15) is 0 Å². The average molecular weight is 178 g/mol. The Hall–Kier alpha value is 0.555. The Kier molecular flexibility index (Phi) is 5.51. The first-order chi connectivity index (χ1) is 4.70. The summed E-state index contributed by atoms with van der Waals surface area (Å²) in [5.74, 6) is 0. The second kappa shape index (κ2) is 5.24. The number of thiol groups is 1. The Morgan fingerprint density at radius 1 is 1.36 bits per heavy atom. The van der Waals surface area contributed by atoms with E-state index in [1.807, 2.05) is 0 Å². The van der Waals surface area contributed by atoms with Gasteiger partial charge in [0, 0.05) is 4.90 Å². The van der Waals surface area contributed by atoms with Gasteiger partial charge in [-0.15, -0.1) is 12.6 Å². The molecule has 0 heterocycles. The third-order valence-electron chi connectivity index (χ3n) is 1.17. The molecule has 0 saturated carbocycles. The second-order valence-electron chi connectivity index (χ2n) is 1.97. The second-order valence-corrected chi connectivity index (χ2v) is 2.49. The third-order valence-corrected chi connectivity index (χ3v) is 1.45. The topological polar surface area (TPSA) is 40.5 Å². The van der Waals surface area contributed by atoms with E-state index in [4.69, 9.17) is 10.0 Å². The maximum Gasteiger partial charge on any atom is 1.00 e. The van der Waals surface area contributed by atoms with Crippen LogP contribution in [0.1, 0.15) is 1.43 Å². The number of hydrogen-bond donors (Lipinski definition) is 3. The molecule has 0 aliphatic carbocycles. The zero-order valence-corrected chi connectivity index (χ0v) is 9.12. The summed E-state index contributed by atoms with van der Waals surface area (Å²) in [6.07, 6.45) is 0. The largest absolute Gasteiger partial charge is 1.00 e. The van der Waals surface area contributed by atoms with E-state index in [0.717, 1.165) is 4.90 Å². The van der Waals surface area contributed by atoms with Crippen LogP contribution in [0.25, 0.3) is 0 Å². The van der Waals surface area contributed by atoms with Gasteiger partial charge in [-0.2, -0.15) is 0 Å². The van der Waals surface area contributed by atoms with Crippen LogP contribution >= 0.6 is 12.6 Å². The molecular weight excluding hydrogens is 170 g/mol. The summed E-state index contributed by atoms with van der Waals surface area (Å²) < 4.78 is 0. The molecule has 0 atom stereocenters. The van der Waals surface area contributed by atoms with E-state index in [1.54, 1.807) is 24.3 Å². The van der Waals surface area contributed by atoms with Crippen molar-refractivity contribution in [3.8, 4) is 0 Å². The smallest absolute Gasteiger partial charge is 1.00 e. The van der Waals surface area contributed by atoms with Crippen molar-refractivity contribution in [1.29, 1.82) is 0 Å². The first-order valence-corrected chi connectivity index (χ1v) is 3.30. The predicted molar refractivity (Wildman–Crippen MR) is 44.6 cm³/mol. The molecule has 11 heavy (non-hydrogen) atoms. The molecule has 0 radical (unpaired) electrons. The van der Waals surface area contributed by atoms with E-state index in [0.29, 0.717) is 5.46 Å². The minimum atomic E-state index is -1.40. The molecule has 0 aliphatic heterocycles. The molecule has 0 aromatic heterocycles. The normalized spacial score (nSPS) is 8.64. The van der Waals surface area contributed by atoms with Crippen molar-refractivity contribution in [2.24, 2.45) is 0 Å². The van der Waals surface area contributed by atoms with Gasteiger partial charge in [0.25, 0.3) is 0 Å². The van der Waals surface area contributed by atoms with Gasteiger partial charge in [0.05, 0.1) is 0 Å². The molecule has 0 amide bonds. The van der Waals surface area contributed by atoms with Crippen molar-refractivity contribution in [1.82, 2.24) is 0 Å². The Bertz CT molecular complexity index is 237. The van der Waals surface area contributed by atoms with Crippen LogP contribution in [0.5, 0.6) is 0 Å². The Morgan fingerprint density at radius 3 is 2.36 bits per heavy atom. The average Bonchev–Trinajstić information content (AvgIpc) is 1.88. The molecule has 2 nitrogen and oxygen atoms in total. The van der Waals surface area contributed by atoms with E-state index in [1.165, 1.54) is 0 Å². The Balaban J connectivity index is 0. The van der Waals surface area contributed by atoms with Gasteiger partial charge in [-0.3, -0.25) is 0 Å². The van der Waals surface area contributed by atoms with Crippen molar-refractivity contribution in [2.75, 3.05) is 0 Å². The number of benzene rings is 1. The summed E-state index contributed by atoms with van der Waals surface area (Å²) in [4.78, 5) is 0.727. The number of rotatable bonds is 1. The van der Waals surface area contributed by atoms with Gasteiger partial charge < -0.3 is 11.5 Å². The fourth-order valence-electron chi connectivity index (χ4n) is 0.685. The molecule has 0 bridgehead atoms. The molecule has 0 fully saturated rings. The van der Waals surface area contributed by atoms with Crippen molar-refractivity contribution >= 4 is 25.2 Å². The minimum Gasteiger partial charge on any atom is -1.00 e. The van der Waals surface area contributed by atoms with Gasteiger partial charge in [0.15, 0.2) is 0 Å². The van der Waals surface area contributed by atoms with Gasteiger partial charge >= 0.3 is 36.7 Å². The van der Waals surface area contributed by atoms with Crippen LogP contribution < -0.4 is 35.0 Å². The van der Waals surface area contributed by atoms with Gasteiger partial charge in [-0.25, -0.2) is 0 Å². The van der Waals surface area contributed by atoms with Crippen LogP contribution in [-0.2, 0) is 0 Å². The molecule has 0 unspecified atom stereocenters. The summed E-state index contributed by atoms with van der Waals surface area (Å²) in [5.41, 5.74) is 0.465. The fraction of sp³-hybridized carbons (Fsp3) is 0. The van der Waals surface area contributed by atoms with E-state index in [2.05, 4.69) is 12.6 Å². The maximum atomic E-state index is 8.67. The van der Waals surface area contributed by atoms with E-state index < -0.39 is 7.12 Å². The van der Waals surface area contributed by atoms with Crippen LogP contribution in [0.4, 0.5) is 0 Å². The van der Waals surface area contributed by atoms with Crippen molar-refractivity contribution < 1.29 is 41.0 Å². The van der Waals surface area contributed by atoms with Gasteiger partial charge in [-0.05, 0) is 17.6 Å². The van der Waals surface area contributed by atoms with Gasteiger partial charge in [0.2, 0.25) is 0 Å². The predicted octanol–water partition coefficient (Wildman–Crippen LogP) is -3.23. The summed E-state index contributed by atoms with van der Waals surface area (Å²) in [7, 11) is -1.40. The molecule has 1 aromatic carbocycles. The van der Waals surface area contributed by atoms with Crippen LogP contribution in [0.3, 0.4) is 0 Å². The fourth-order valence-corrected chi connectivity index (χ4v) is 0.921. The summed E-state index contributed by atoms with van der Waals surface area (Å²) >= 11 is 4.03. The quantitative estimate of drug-likeness (QED) is 0.312. The standard InChI is InChI=1S/C6H7BO2S.Na.H/c8-7(9)5-2-1-3-6(10)4-5;;/h1-4,8-10H;;/q;+1;-1. The van der Waals surface area contributed by atoms with Crippen LogP contribution in [0.2, 0.25) is 0 Å². The first kappa shape index (κ1) is 11.6. The Labute approximate surface area is 95.0 Å². The molecule has 0 saturated heterocycles. The monoisotopic (exact) mass is 178 g/mol. The SMILES string of the molecule is OB(O)c1cccc(S)c1.[H-].[Na+]. The zero-order valence-electron chi connectivity index (χ0n) is 7.23. The van der Waals surface area contributed by atoms with Crippen LogP contribution in [0, 0.1) is 0 Å². The first-order valence-electron chi connectivity index (χ1n) is 2.85. The van der Waals surface area contributed by atoms with E-state index in [-0.39, 0.29) is 31.0 Å². The third kappa shape index (κ3) is 3.65. The molecule has 2 N–H and O–H groups in total. The van der Waals surface area contributed by atoms with Crippen molar-refractivity contribution in [3.05, 3.63) is 24.3 Å². The minimum absolute atomic E-state index is 0. The van der Waals surface area contributed by atoms with Crippen LogP contribution in [-0.4, -0.2) is 17.2 Å². The molecule has 0 aliphatic rings.